The first-order valence-electron chi connectivity index (χ1n) is 17.4. The third kappa shape index (κ3) is 4.19. The van der Waals surface area contributed by atoms with Crippen molar-refractivity contribution in [3.05, 3.63) is 182 Å². The Morgan fingerprint density at radius 3 is 1.71 bits per heavy atom. The number of hydrogen-bond acceptors (Lipinski definition) is 1. The van der Waals surface area contributed by atoms with E-state index < -0.39 is 0 Å². The highest BCUT2D eigenvalue weighted by atomic mass is 16.3. The Hall–Kier alpha value is -6.84. The molecule has 238 valence electrons. The third-order valence-electron chi connectivity index (χ3n) is 10.5. The SMILES string of the molecule is c1ccc(-c2ccc(-n3c4ccccc4c4ccc(-c5ccc6c(c5)c5ccccc5n6-c5cccc6oc7ccccc7c56)cc43)cc2)cc1. The first-order valence-corrected chi connectivity index (χ1v) is 17.4. The number of benzene rings is 8. The van der Waals surface area contributed by atoms with E-state index in [2.05, 4.69) is 179 Å². The highest BCUT2D eigenvalue weighted by molar-refractivity contribution is 6.15. The van der Waals surface area contributed by atoms with Gasteiger partial charge in [0, 0.05) is 32.6 Å². The molecule has 8 aromatic carbocycles. The lowest BCUT2D eigenvalue weighted by Gasteiger charge is -2.11. The van der Waals surface area contributed by atoms with Gasteiger partial charge in [-0.05, 0) is 82.9 Å². The van der Waals surface area contributed by atoms with Crippen LogP contribution in [0, 0.1) is 0 Å². The van der Waals surface area contributed by atoms with Crippen molar-refractivity contribution in [2.24, 2.45) is 0 Å². The molecule has 0 saturated carbocycles. The monoisotopic (exact) mass is 650 g/mol. The van der Waals surface area contributed by atoms with Crippen LogP contribution in [-0.4, -0.2) is 9.13 Å². The number of fused-ring (bicyclic) bond motifs is 9. The smallest absolute Gasteiger partial charge is 0.137 e. The summed E-state index contributed by atoms with van der Waals surface area (Å²) >= 11 is 0. The van der Waals surface area contributed by atoms with Crippen molar-refractivity contribution in [2.75, 3.05) is 0 Å². The molecular formula is C48H30N2O. The summed E-state index contributed by atoms with van der Waals surface area (Å²) in [7, 11) is 0. The summed E-state index contributed by atoms with van der Waals surface area (Å²) in [4.78, 5) is 0. The summed E-state index contributed by atoms with van der Waals surface area (Å²) in [6.45, 7) is 0. The summed E-state index contributed by atoms with van der Waals surface area (Å²) in [6, 6.07) is 65.5. The number of aromatic nitrogens is 2. The van der Waals surface area contributed by atoms with Crippen molar-refractivity contribution in [3.63, 3.8) is 0 Å². The van der Waals surface area contributed by atoms with Gasteiger partial charge in [0.25, 0.3) is 0 Å². The largest absolute Gasteiger partial charge is 0.456 e. The molecule has 3 heterocycles. The van der Waals surface area contributed by atoms with Crippen LogP contribution in [0.3, 0.4) is 0 Å². The van der Waals surface area contributed by atoms with E-state index >= 15 is 0 Å². The normalized spacial score (nSPS) is 11.9. The molecule has 11 aromatic rings. The zero-order valence-electron chi connectivity index (χ0n) is 27.6. The van der Waals surface area contributed by atoms with E-state index in [0.717, 1.165) is 33.3 Å². The minimum Gasteiger partial charge on any atom is -0.456 e. The number of rotatable bonds is 4. The Morgan fingerprint density at radius 1 is 0.314 bits per heavy atom. The maximum Gasteiger partial charge on any atom is 0.137 e. The molecule has 0 unspecified atom stereocenters. The Kier molecular flexibility index (Phi) is 5.96. The fraction of sp³-hybridized carbons (Fsp3) is 0. The van der Waals surface area contributed by atoms with Gasteiger partial charge in [0.1, 0.15) is 11.2 Å². The van der Waals surface area contributed by atoms with Crippen molar-refractivity contribution in [1.29, 1.82) is 0 Å². The highest BCUT2D eigenvalue weighted by Gasteiger charge is 2.19. The zero-order chi connectivity index (χ0) is 33.5. The molecule has 0 spiro atoms. The molecule has 0 fully saturated rings. The molecule has 3 heteroatoms. The van der Waals surface area contributed by atoms with Crippen LogP contribution in [0.25, 0.3) is 99.2 Å². The second-order valence-electron chi connectivity index (χ2n) is 13.3. The van der Waals surface area contributed by atoms with Gasteiger partial charge in [-0.15, -0.1) is 0 Å². The van der Waals surface area contributed by atoms with Crippen LogP contribution in [0.2, 0.25) is 0 Å². The zero-order valence-corrected chi connectivity index (χ0v) is 27.6. The summed E-state index contributed by atoms with van der Waals surface area (Å²) in [6.07, 6.45) is 0. The van der Waals surface area contributed by atoms with Gasteiger partial charge in [-0.25, -0.2) is 0 Å². The predicted molar refractivity (Wildman–Crippen MR) is 213 cm³/mol. The average Bonchev–Trinajstić information content (AvgIpc) is 3.85. The second-order valence-corrected chi connectivity index (χ2v) is 13.3. The van der Waals surface area contributed by atoms with Gasteiger partial charge in [0.2, 0.25) is 0 Å². The molecule has 0 N–H and O–H groups in total. The van der Waals surface area contributed by atoms with E-state index in [0.29, 0.717) is 0 Å². The maximum atomic E-state index is 6.30. The van der Waals surface area contributed by atoms with Gasteiger partial charge < -0.3 is 13.6 Å². The molecule has 0 aliphatic heterocycles. The van der Waals surface area contributed by atoms with Gasteiger partial charge in [-0.1, -0.05) is 121 Å². The molecule has 0 atom stereocenters. The Morgan fingerprint density at radius 2 is 0.882 bits per heavy atom. The van der Waals surface area contributed by atoms with Crippen LogP contribution >= 0.6 is 0 Å². The van der Waals surface area contributed by atoms with E-state index in [4.69, 9.17) is 4.42 Å². The van der Waals surface area contributed by atoms with Gasteiger partial charge in [0.15, 0.2) is 0 Å². The van der Waals surface area contributed by atoms with Crippen molar-refractivity contribution in [1.82, 2.24) is 9.13 Å². The van der Waals surface area contributed by atoms with Gasteiger partial charge in [-0.3, -0.25) is 0 Å². The van der Waals surface area contributed by atoms with E-state index in [1.807, 2.05) is 12.1 Å². The van der Waals surface area contributed by atoms with Crippen LogP contribution in [0.4, 0.5) is 0 Å². The summed E-state index contributed by atoms with van der Waals surface area (Å²) in [5.41, 5.74) is 13.6. The molecule has 0 aliphatic carbocycles. The fourth-order valence-corrected chi connectivity index (χ4v) is 8.22. The molecule has 3 aromatic heterocycles. The molecule has 51 heavy (non-hydrogen) atoms. The van der Waals surface area contributed by atoms with Crippen molar-refractivity contribution >= 4 is 65.6 Å². The molecule has 0 bridgehead atoms. The van der Waals surface area contributed by atoms with E-state index in [-0.39, 0.29) is 0 Å². The van der Waals surface area contributed by atoms with Gasteiger partial charge in [0.05, 0.1) is 33.1 Å². The quantitative estimate of drug-likeness (QED) is 0.186. The lowest BCUT2D eigenvalue weighted by molar-refractivity contribution is 0.669. The lowest BCUT2D eigenvalue weighted by Crippen LogP contribution is -1.95. The number of furan rings is 1. The van der Waals surface area contributed by atoms with Crippen molar-refractivity contribution < 1.29 is 4.42 Å². The Balaban J connectivity index is 1.10. The summed E-state index contributed by atoms with van der Waals surface area (Å²) in [5.74, 6) is 0. The van der Waals surface area contributed by atoms with Crippen LogP contribution in [0.5, 0.6) is 0 Å². The molecule has 0 radical (unpaired) electrons. The standard InChI is InChI=1S/C48H30N2O/c1-2-11-31(12-3-1)32-21-25-35(26-22-32)49-41-16-7-4-13-36(41)38-27-23-34(30-45(38)49)33-24-28-43-40(29-33)37-14-5-8-17-42(37)50(43)44-18-10-20-47-48(44)39-15-6-9-19-46(39)51-47/h1-30H. The Bertz CT molecular complexity index is 3120. The molecule has 3 nitrogen and oxygen atoms in total. The van der Waals surface area contributed by atoms with Crippen molar-refractivity contribution in [3.8, 4) is 33.6 Å². The minimum absolute atomic E-state index is 0.898. The predicted octanol–water partition coefficient (Wildman–Crippen LogP) is 13.1. The molecule has 0 aliphatic rings. The summed E-state index contributed by atoms with van der Waals surface area (Å²) < 4.78 is 11.1. The lowest BCUT2D eigenvalue weighted by atomic mass is 10.0. The van der Waals surface area contributed by atoms with E-state index in [9.17, 15) is 0 Å². The number of hydrogen-bond donors (Lipinski definition) is 0. The summed E-state index contributed by atoms with van der Waals surface area (Å²) in [5, 5.41) is 7.22. The third-order valence-corrected chi connectivity index (χ3v) is 10.5. The first-order chi connectivity index (χ1) is 25.3. The van der Waals surface area contributed by atoms with Gasteiger partial charge >= 0.3 is 0 Å². The molecule has 0 saturated heterocycles. The molecule has 0 amide bonds. The van der Waals surface area contributed by atoms with Crippen LogP contribution in [0.1, 0.15) is 0 Å². The van der Waals surface area contributed by atoms with Crippen LogP contribution in [0.15, 0.2) is 186 Å². The van der Waals surface area contributed by atoms with Crippen LogP contribution in [-0.2, 0) is 0 Å². The molecule has 11 rings (SSSR count). The fourth-order valence-electron chi connectivity index (χ4n) is 8.22. The highest BCUT2D eigenvalue weighted by Crippen LogP contribution is 2.41. The topological polar surface area (TPSA) is 23.0 Å². The Labute approximate surface area is 293 Å². The average molecular weight is 651 g/mol. The first kappa shape index (κ1) is 28.0. The van der Waals surface area contributed by atoms with E-state index in [1.54, 1.807) is 0 Å². The van der Waals surface area contributed by atoms with Crippen LogP contribution < -0.4 is 0 Å². The second kappa shape index (κ2) is 10.8. The minimum atomic E-state index is 0.898. The van der Waals surface area contributed by atoms with Gasteiger partial charge in [-0.2, -0.15) is 0 Å². The van der Waals surface area contributed by atoms with Crippen molar-refractivity contribution in [2.45, 2.75) is 0 Å². The number of para-hydroxylation sites is 3. The number of nitrogens with zero attached hydrogens (tertiary/aromatic N) is 2. The maximum absolute atomic E-state index is 6.30. The molecular weight excluding hydrogens is 621 g/mol. The van der Waals surface area contributed by atoms with E-state index in [1.165, 1.54) is 65.9 Å².